The van der Waals surface area contributed by atoms with Gasteiger partial charge in [-0.25, -0.2) is 0 Å². The summed E-state index contributed by atoms with van der Waals surface area (Å²) < 4.78 is 15.6. The van der Waals surface area contributed by atoms with Crippen molar-refractivity contribution in [3.8, 4) is 0 Å². The molecule has 0 unspecified atom stereocenters. The summed E-state index contributed by atoms with van der Waals surface area (Å²) in [6.07, 6.45) is 1.88. The molecule has 1 aliphatic rings. The Hall–Kier alpha value is -1.97. The van der Waals surface area contributed by atoms with Crippen molar-refractivity contribution < 1.29 is 19.0 Å². The summed E-state index contributed by atoms with van der Waals surface area (Å²) in [5.74, 6) is -0.159. The lowest BCUT2D eigenvalue weighted by atomic mass is 10.1. The Morgan fingerprint density at radius 3 is 2.44 bits per heavy atom. The van der Waals surface area contributed by atoms with Gasteiger partial charge < -0.3 is 14.2 Å². The third kappa shape index (κ3) is 2.83. The minimum atomic E-state index is -0.611. The number of carbonyl (C=O) groups is 1. The van der Waals surface area contributed by atoms with E-state index in [1.165, 1.54) is 7.11 Å². The zero-order chi connectivity index (χ0) is 13.2. The molecule has 0 aromatic heterocycles. The summed E-state index contributed by atoms with van der Waals surface area (Å²) in [4.78, 5) is 11.1. The van der Waals surface area contributed by atoms with Crippen molar-refractivity contribution in [2.24, 2.45) is 0 Å². The largest absolute Gasteiger partial charge is 0.469 e. The van der Waals surface area contributed by atoms with Crippen LogP contribution in [0, 0.1) is 0 Å². The van der Waals surface area contributed by atoms with Crippen LogP contribution in [0.3, 0.4) is 0 Å². The van der Waals surface area contributed by atoms with E-state index in [1.54, 1.807) is 6.26 Å². The van der Waals surface area contributed by atoms with Crippen LogP contribution in [0.2, 0.25) is 0 Å². The van der Waals surface area contributed by atoms with E-state index in [-0.39, 0.29) is 12.4 Å². The summed E-state index contributed by atoms with van der Waals surface area (Å²) >= 11 is 0. The van der Waals surface area contributed by atoms with Crippen molar-refractivity contribution in [2.45, 2.75) is 26.1 Å². The van der Waals surface area contributed by atoms with E-state index in [1.807, 2.05) is 38.1 Å². The molecule has 1 aliphatic heterocycles. The minimum Gasteiger partial charge on any atom is -0.469 e. The van der Waals surface area contributed by atoms with Crippen molar-refractivity contribution in [3.05, 3.63) is 41.7 Å². The van der Waals surface area contributed by atoms with Crippen LogP contribution in [-0.4, -0.2) is 18.9 Å². The number of methoxy groups -OCH3 is 1. The molecule has 4 heteroatoms. The second-order valence-electron chi connectivity index (χ2n) is 4.55. The lowest BCUT2D eigenvalue weighted by Gasteiger charge is -2.18. The van der Waals surface area contributed by atoms with Crippen LogP contribution in [0.1, 0.15) is 25.0 Å². The highest BCUT2D eigenvalue weighted by Gasteiger charge is 2.28. The van der Waals surface area contributed by atoms with Crippen LogP contribution in [-0.2, 0) is 25.4 Å². The predicted molar refractivity (Wildman–Crippen MR) is 66.4 cm³/mol. The first-order chi connectivity index (χ1) is 8.50. The van der Waals surface area contributed by atoms with Gasteiger partial charge in [-0.05, 0) is 5.56 Å². The molecule has 1 aromatic rings. The lowest BCUT2D eigenvalue weighted by Crippen LogP contribution is -2.19. The zero-order valence-electron chi connectivity index (χ0n) is 10.7. The Bertz CT molecular complexity index is 471. The fourth-order valence-electron chi connectivity index (χ4n) is 1.66. The summed E-state index contributed by atoms with van der Waals surface area (Å²) in [7, 11) is 1.38. The van der Waals surface area contributed by atoms with Crippen LogP contribution in [0.5, 0.6) is 0 Å². The van der Waals surface area contributed by atoms with Crippen molar-refractivity contribution in [1.82, 2.24) is 0 Å². The first-order valence-corrected chi connectivity index (χ1v) is 5.73. The van der Waals surface area contributed by atoms with Gasteiger partial charge in [0.15, 0.2) is 5.76 Å². The lowest BCUT2D eigenvalue weighted by molar-refractivity contribution is -0.139. The van der Waals surface area contributed by atoms with Crippen LogP contribution in [0.4, 0.5) is 0 Å². The summed E-state index contributed by atoms with van der Waals surface area (Å²) in [5, 5.41) is 0. The number of benzene rings is 1. The van der Waals surface area contributed by atoms with E-state index in [4.69, 9.17) is 9.47 Å². The van der Waals surface area contributed by atoms with Gasteiger partial charge in [0.25, 0.3) is 0 Å². The molecule has 0 amide bonds. The van der Waals surface area contributed by atoms with E-state index in [0.29, 0.717) is 5.76 Å². The average molecular weight is 248 g/mol. The topological polar surface area (TPSA) is 44.8 Å². The van der Waals surface area contributed by atoms with Crippen molar-refractivity contribution in [3.63, 3.8) is 0 Å². The van der Waals surface area contributed by atoms with E-state index < -0.39 is 5.79 Å². The molecule has 0 atom stereocenters. The summed E-state index contributed by atoms with van der Waals surface area (Å²) in [5.41, 5.74) is 1.83. The van der Waals surface area contributed by atoms with Crippen LogP contribution in [0.25, 0.3) is 5.76 Å². The van der Waals surface area contributed by atoms with Gasteiger partial charge in [-0.15, -0.1) is 0 Å². The molecule has 0 bridgehead atoms. The number of carbonyl (C=O) groups excluding carboxylic acids is 1. The molecule has 0 saturated carbocycles. The van der Waals surface area contributed by atoms with Gasteiger partial charge >= 0.3 is 5.97 Å². The third-order valence-corrected chi connectivity index (χ3v) is 2.62. The predicted octanol–water partition coefficient (Wildman–Crippen LogP) is 2.48. The second kappa shape index (κ2) is 4.72. The molecule has 0 saturated heterocycles. The number of hydrogen-bond acceptors (Lipinski definition) is 4. The van der Waals surface area contributed by atoms with Gasteiger partial charge in [-0.2, -0.15) is 0 Å². The van der Waals surface area contributed by atoms with Crippen LogP contribution >= 0.6 is 0 Å². The van der Waals surface area contributed by atoms with Gasteiger partial charge in [0.2, 0.25) is 5.79 Å². The number of esters is 1. The molecule has 1 aromatic carbocycles. The number of ether oxygens (including phenoxy) is 3. The molecule has 1 heterocycles. The van der Waals surface area contributed by atoms with E-state index in [2.05, 4.69) is 4.74 Å². The standard InChI is InChI=1S/C14H16O4/c1-14(2)17-9-12(18-14)11-6-4-10(5-7-11)8-13(15)16-3/h4-7,9H,8H2,1-3H3. The maximum absolute atomic E-state index is 11.1. The van der Waals surface area contributed by atoms with Crippen LogP contribution < -0.4 is 0 Å². The van der Waals surface area contributed by atoms with Crippen molar-refractivity contribution in [2.75, 3.05) is 7.11 Å². The quantitative estimate of drug-likeness (QED) is 0.771. The maximum atomic E-state index is 11.1. The Morgan fingerprint density at radius 1 is 1.28 bits per heavy atom. The minimum absolute atomic E-state index is 0.247. The number of rotatable bonds is 3. The second-order valence-corrected chi connectivity index (χ2v) is 4.55. The Balaban J connectivity index is 2.07. The molecule has 0 spiro atoms. The van der Waals surface area contributed by atoms with Gasteiger partial charge in [0.1, 0.15) is 6.26 Å². The molecule has 0 N–H and O–H groups in total. The highest BCUT2D eigenvalue weighted by Crippen LogP contribution is 2.30. The fourth-order valence-corrected chi connectivity index (χ4v) is 1.66. The van der Waals surface area contributed by atoms with Crippen molar-refractivity contribution >= 4 is 11.7 Å². The van der Waals surface area contributed by atoms with E-state index in [9.17, 15) is 4.79 Å². The Morgan fingerprint density at radius 2 is 1.94 bits per heavy atom. The summed E-state index contributed by atoms with van der Waals surface area (Å²) in [6, 6.07) is 7.55. The third-order valence-electron chi connectivity index (χ3n) is 2.62. The molecule has 0 aliphatic carbocycles. The normalized spacial score (nSPS) is 16.5. The molecule has 0 radical (unpaired) electrons. The van der Waals surface area contributed by atoms with Crippen LogP contribution in [0.15, 0.2) is 30.5 Å². The smallest absolute Gasteiger partial charge is 0.309 e. The summed E-state index contributed by atoms with van der Waals surface area (Å²) in [6.45, 7) is 3.70. The average Bonchev–Trinajstić information content (AvgIpc) is 2.70. The van der Waals surface area contributed by atoms with Gasteiger partial charge in [0, 0.05) is 19.4 Å². The Kier molecular flexibility index (Phi) is 3.28. The number of hydrogen-bond donors (Lipinski definition) is 0. The molecular weight excluding hydrogens is 232 g/mol. The SMILES string of the molecule is COC(=O)Cc1ccc(C2=COC(C)(C)O2)cc1. The first-order valence-electron chi connectivity index (χ1n) is 5.73. The highest BCUT2D eigenvalue weighted by atomic mass is 16.7. The maximum Gasteiger partial charge on any atom is 0.309 e. The molecule has 96 valence electrons. The van der Waals surface area contributed by atoms with E-state index in [0.717, 1.165) is 11.1 Å². The fraction of sp³-hybridized carbons (Fsp3) is 0.357. The van der Waals surface area contributed by atoms with E-state index >= 15 is 0 Å². The first kappa shape index (κ1) is 12.5. The van der Waals surface area contributed by atoms with Gasteiger partial charge in [-0.1, -0.05) is 24.3 Å². The monoisotopic (exact) mass is 248 g/mol. The molecular formula is C14H16O4. The molecule has 0 fully saturated rings. The highest BCUT2D eigenvalue weighted by molar-refractivity contribution is 5.72. The molecule has 2 rings (SSSR count). The van der Waals surface area contributed by atoms with Gasteiger partial charge in [-0.3, -0.25) is 4.79 Å². The molecule has 4 nitrogen and oxygen atoms in total. The Labute approximate surface area is 106 Å². The molecule has 18 heavy (non-hydrogen) atoms. The van der Waals surface area contributed by atoms with Crippen molar-refractivity contribution in [1.29, 1.82) is 0 Å². The zero-order valence-corrected chi connectivity index (χ0v) is 10.7. The van der Waals surface area contributed by atoms with Gasteiger partial charge in [0.05, 0.1) is 13.5 Å².